The number of hydrogen-bond acceptors (Lipinski definition) is 3. The predicted octanol–water partition coefficient (Wildman–Crippen LogP) is 0.822. The van der Waals surface area contributed by atoms with Crippen molar-refractivity contribution < 1.29 is 5.11 Å². The van der Waals surface area contributed by atoms with E-state index in [1.165, 1.54) is 6.20 Å². The van der Waals surface area contributed by atoms with Gasteiger partial charge in [-0.15, -0.1) is 0 Å². The van der Waals surface area contributed by atoms with Gasteiger partial charge >= 0.3 is 0 Å². The van der Waals surface area contributed by atoms with E-state index in [2.05, 4.69) is 10.3 Å². The number of hydrogen-bond donors (Lipinski definition) is 2. The molecule has 1 aliphatic heterocycles. The SMILES string of the molecule is Oc1ccc(C2CCN2)nc1. The number of rotatable bonds is 1. The molecule has 0 aromatic carbocycles. The van der Waals surface area contributed by atoms with Crippen LogP contribution in [0, 0.1) is 0 Å². The summed E-state index contributed by atoms with van der Waals surface area (Å²) in [5, 5.41) is 12.2. The van der Waals surface area contributed by atoms with E-state index in [9.17, 15) is 0 Å². The molecule has 1 aromatic rings. The van der Waals surface area contributed by atoms with Gasteiger partial charge in [-0.05, 0) is 25.1 Å². The van der Waals surface area contributed by atoms with Crippen LogP contribution in [0.25, 0.3) is 0 Å². The zero-order valence-corrected chi connectivity index (χ0v) is 6.12. The molecule has 1 aliphatic rings. The quantitative estimate of drug-likeness (QED) is 0.623. The lowest BCUT2D eigenvalue weighted by Crippen LogP contribution is -2.35. The van der Waals surface area contributed by atoms with Crippen molar-refractivity contribution in [3.63, 3.8) is 0 Å². The molecule has 2 rings (SSSR count). The van der Waals surface area contributed by atoms with Crippen LogP contribution in [0.1, 0.15) is 18.2 Å². The Bertz CT molecular complexity index is 241. The lowest BCUT2D eigenvalue weighted by Gasteiger charge is -2.26. The summed E-state index contributed by atoms with van der Waals surface area (Å²) in [6.07, 6.45) is 2.63. The second-order valence-electron chi connectivity index (χ2n) is 2.74. The fourth-order valence-electron chi connectivity index (χ4n) is 1.14. The van der Waals surface area contributed by atoms with E-state index in [1.807, 2.05) is 6.07 Å². The van der Waals surface area contributed by atoms with Gasteiger partial charge in [-0.3, -0.25) is 4.98 Å². The van der Waals surface area contributed by atoms with Gasteiger partial charge in [0.2, 0.25) is 0 Å². The van der Waals surface area contributed by atoms with E-state index < -0.39 is 0 Å². The Morgan fingerprint density at radius 1 is 1.55 bits per heavy atom. The van der Waals surface area contributed by atoms with Gasteiger partial charge in [0.15, 0.2) is 0 Å². The molecule has 2 N–H and O–H groups in total. The molecule has 1 unspecified atom stereocenters. The summed E-state index contributed by atoms with van der Waals surface area (Å²) >= 11 is 0. The van der Waals surface area contributed by atoms with Gasteiger partial charge in [0.25, 0.3) is 0 Å². The summed E-state index contributed by atoms with van der Waals surface area (Å²) in [6, 6.07) is 3.93. The first kappa shape index (κ1) is 6.61. The number of nitrogens with zero attached hydrogens (tertiary/aromatic N) is 1. The van der Waals surface area contributed by atoms with E-state index in [1.54, 1.807) is 6.07 Å². The van der Waals surface area contributed by atoms with Crippen molar-refractivity contribution in [2.75, 3.05) is 6.54 Å². The molecule has 0 spiro atoms. The molecule has 3 nitrogen and oxygen atoms in total. The van der Waals surface area contributed by atoms with Crippen LogP contribution in [-0.2, 0) is 0 Å². The number of aromatic nitrogens is 1. The van der Waals surface area contributed by atoms with Gasteiger partial charge in [0.05, 0.1) is 17.9 Å². The maximum atomic E-state index is 8.95. The topological polar surface area (TPSA) is 45.1 Å². The third-order valence-electron chi connectivity index (χ3n) is 1.95. The van der Waals surface area contributed by atoms with Crippen LogP contribution >= 0.6 is 0 Å². The van der Waals surface area contributed by atoms with Crippen molar-refractivity contribution in [3.05, 3.63) is 24.0 Å². The molecule has 11 heavy (non-hydrogen) atoms. The van der Waals surface area contributed by atoms with Crippen molar-refractivity contribution in [1.29, 1.82) is 0 Å². The molecule has 1 aromatic heterocycles. The molecule has 1 fully saturated rings. The average Bonchev–Trinajstić information content (AvgIpc) is 1.90. The average molecular weight is 150 g/mol. The summed E-state index contributed by atoms with van der Waals surface area (Å²) in [6.45, 7) is 1.08. The highest BCUT2D eigenvalue weighted by Crippen LogP contribution is 2.21. The highest BCUT2D eigenvalue weighted by atomic mass is 16.3. The van der Waals surface area contributed by atoms with Crippen molar-refractivity contribution in [1.82, 2.24) is 10.3 Å². The summed E-state index contributed by atoms with van der Waals surface area (Å²) < 4.78 is 0. The smallest absolute Gasteiger partial charge is 0.133 e. The van der Waals surface area contributed by atoms with Crippen LogP contribution in [0.4, 0.5) is 0 Å². The Hall–Kier alpha value is -1.09. The molecule has 3 heteroatoms. The summed E-state index contributed by atoms with van der Waals surface area (Å²) in [4.78, 5) is 4.09. The van der Waals surface area contributed by atoms with Crippen LogP contribution in [0.15, 0.2) is 18.3 Å². The van der Waals surface area contributed by atoms with Crippen LogP contribution < -0.4 is 5.32 Å². The zero-order valence-electron chi connectivity index (χ0n) is 6.12. The molecular weight excluding hydrogens is 140 g/mol. The first-order chi connectivity index (χ1) is 5.36. The molecule has 0 aliphatic carbocycles. The first-order valence-electron chi connectivity index (χ1n) is 3.74. The molecule has 0 saturated carbocycles. The third kappa shape index (κ3) is 1.19. The van der Waals surface area contributed by atoms with Crippen LogP contribution in [0.5, 0.6) is 5.75 Å². The minimum atomic E-state index is 0.230. The molecule has 2 heterocycles. The van der Waals surface area contributed by atoms with Crippen molar-refractivity contribution >= 4 is 0 Å². The maximum absolute atomic E-state index is 8.95. The molecule has 0 radical (unpaired) electrons. The van der Waals surface area contributed by atoms with E-state index in [4.69, 9.17) is 5.11 Å². The van der Waals surface area contributed by atoms with E-state index in [0.717, 1.165) is 18.7 Å². The first-order valence-corrected chi connectivity index (χ1v) is 3.74. The Labute approximate surface area is 65.1 Å². The molecule has 58 valence electrons. The molecule has 1 atom stereocenters. The Morgan fingerprint density at radius 3 is 2.82 bits per heavy atom. The van der Waals surface area contributed by atoms with Crippen LogP contribution in [0.3, 0.4) is 0 Å². The summed E-state index contributed by atoms with van der Waals surface area (Å²) in [5.74, 6) is 0.230. The molecule has 0 bridgehead atoms. The highest BCUT2D eigenvalue weighted by Gasteiger charge is 2.18. The van der Waals surface area contributed by atoms with Gasteiger partial charge in [-0.25, -0.2) is 0 Å². The summed E-state index contributed by atoms with van der Waals surface area (Å²) in [5.41, 5.74) is 1.02. The van der Waals surface area contributed by atoms with Crippen molar-refractivity contribution in [2.45, 2.75) is 12.5 Å². The predicted molar refractivity (Wildman–Crippen MR) is 41.3 cm³/mol. The Morgan fingerprint density at radius 2 is 2.36 bits per heavy atom. The van der Waals surface area contributed by atoms with E-state index in [0.29, 0.717) is 6.04 Å². The van der Waals surface area contributed by atoms with Crippen molar-refractivity contribution in [2.24, 2.45) is 0 Å². The minimum absolute atomic E-state index is 0.230. The fourth-order valence-corrected chi connectivity index (χ4v) is 1.14. The number of pyridine rings is 1. The van der Waals surface area contributed by atoms with Crippen LogP contribution in [-0.4, -0.2) is 16.6 Å². The third-order valence-corrected chi connectivity index (χ3v) is 1.95. The zero-order chi connectivity index (χ0) is 7.68. The van der Waals surface area contributed by atoms with Gasteiger partial charge in [0.1, 0.15) is 5.75 Å². The Balaban J connectivity index is 2.18. The van der Waals surface area contributed by atoms with Crippen LogP contribution in [0.2, 0.25) is 0 Å². The molecule has 1 saturated heterocycles. The molecular formula is C8H10N2O. The maximum Gasteiger partial charge on any atom is 0.133 e. The monoisotopic (exact) mass is 150 g/mol. The second-order valence-corrected chi connectivity index (χ2v) is 2.74. The van der Waals surface area contributed by atoms with Gasteiger partial charge in [-0.1, -0.05) is 0 Å². The number of nitrogens with one attached hydrogen (secondary N) is 1. The molecule has 0 amide bonds. The van der Waals surface area contributed by atoms with Gasteiger partial charge in [-0.2, -0.15) is 0 Å². The Kier molecular flexibility index (Phi) is 1.51. The lowest BCUT2D eigenvalue weighted by atomic mass is 10.0. The van der Waals surface area contributed by atoms with Crippen molar-refractivity contribution in [3.8, 4) is 5.75 Å². The minimum Gasteiger partial charge on any atom is -0.506 e. The van der Waals surface area contributed by atoms with Gasteiger partial charge in [0, 0.05) is 0 Å². The fraction of sp³-hybridized carbons (Fsp3) is 0.375. The van der Waals surface area contributed by atoms with E-state index in [-0.39, 0.29) is 5.75 Å². The highest BCUT2D eigenvalue weighted by molar-refractivity contribution is 5.20. The largest absolute Gasteiger partial charge is 0.506 e. The summed E-state index contributed by atoms with van der Waals surface area (Å²) in [7, 11) is 0. The number of aromatic hydroxyl groups is 1. The standard InChI is InChI=1S/C8H10N2O/c11-6-1-2-7(10-5-6)8-3-4-9-8/h1-2,5,8-9,11H,3-4H2. The van der Waals surface area contributed by atoms with Gasteiger partial charge < -0.3 is 10.4 Å². The normalized spacial score (nSPS) is 22.7. The second kappa shape index (κ2) is 2.51. The lowest BCUT2D eigenvalue weighted by molar-refractivity contribution is 0.374. The van der Waals surface area contributed by atoms with E-state index >= 15 is 0 Å².